The van der Waals surface area contributed by atoms with E-state index in [2.05, 4.69) is 88.1 Å². The molecule has 4 aromatic rings. The molecular weight excluding hydrogens is 344 g/mol. The van der Waals surface area contributed by atoms with E-state index in [4.69, 9.17) is 4.98 Å². The Balaban J connectivity index is 1.57. The zero-order valence-electron chi connectivity index (χ0n) is 16.3. The summed E-state index contributed by atoms with van der Waals surface area (Å²) in [5, 5.41) is 0. The molecule has 2 aromatic heterocycles. The molecule has 0 saturated heterocycles. The number of aryl methyl sites for hydroxylation is 1. The summed E-state index contributed by atoms with van der Waals surface area (Å²) in [4.78, 5) is 11.6. The fourth-order valence-electron chi connectivity index (χ4n) is 3.69. The number of aromatic nitrogens is 3. The van der Waals surface area contributed by atoms with Gasteiger partial charge in [-0.25, -0.2) is 4.98 Å². The summed E-state index contributed by atoms with van der Waals surface area (Å²) in [6, 6.07) is 23.3. The molecule has 2 aromatic carbocycles. The Morgan fingerprint density at radius 1 is 0.821 bits per heavy atom. The van der Waals surface area contributed by atoms with Crippen molar-refractivity contribution in [3.8, 4) is 0 Å². The van der Waals surface area contributed by atoms with Gasteiger partial charge in [0.25, 0.3) is 0 Å². The summed E-state index contributed by atoms with van der Waals surface area (Å²) in [6.45, 7) is 5.83. The molecule has 4 rings (SSSR count). The quantitative estimate of drug-likeness (QED) is 0.451. The van der Waals surface area contributed by atoms with Gasteiger partial charge in [-0.3, -0.25) is 9.88 Å². The Bertz CT molecular complexity index is 1010. The summed E-state index contributed by atoms with van der Waals surface area (Å²) >= 11 is 0. The highest BCUT2D eigenvalue weighted by Crippen LogP contribution is 2.18. The van der Waals surface area contributed by atoms with Crippen molar-refractivity contribution >= 4 is 11.0 Å². The number of para-hydroxylation sites is 2. The van der Waals surface area contributed by atoms with Crippen molar-refractivity contribution in [3.63, 3.8) is 0 Å². The van der Waals surface area contributed by atoms with Gasteiger partial charge in [0, 0.05) is 32.0 Å². The molecule has 0 spiro atoms. The zero-order chi connectivity index (χ0) is 19.2. The second kappa shape index (κ2) is 8.81. The van der Waals surface area contributed by atoms with Crippen molar-refractivity contribution < 1.29 is 0 Å². The van der Waals surface area contributed by atoms with Crippen LogP contribution in [0.5, 0.6) is 0 Å². The van der Waals surface area contributed by atoms with Crippen LogP contribution in [0.3, 0.4) is 0 Å². The molecule has 0 saturated carbocycles. The van der Waals surface area contributed by atoms with Crippen LogP contribution in [0.4, 0.5) is 0 Å². The van der Waals surface area contributed by atoms with E-state index in [0.717, 1.165) is 43.9 Å². The maximum absolute atomic E-state index is 4.93. The van der Waals surface area contributed by atoms with Gasteiger partial charge in [-0.1, -0.05) is 42.5 Å². The van der Waals surface area contributed by atoms with Gasteiger partial charge in [0.2, 0.25) is 0 Å². The molecule has 28 heavy (non-hydrogen) atoms. The second-order valence-corrected chi connectivity index (χ2v) is 7.06. The van der Waals surface area contributed by atoms with Crippen LogP contribution < -0.4 is 0 Å². The minimum absolute atomic E-state index is 0.831. The summed E-state index contributed by atoms with van der Waals surface area (Å²) in [5.74, 6) is 1.13. The lowest BCUT2D eigenvalue weighted by Crippen LogP contribution is -2.27. The number of imidazole rings is 1. The van der Waals surface area contributed by atoms with Crippen LogP contribution in [0.1, 0.15) is 23.9 Å². The lowest BCUT2D eigenvalue weighted by atomic mass is 10.1. The molecule has 0 unspecified atom stereocenters. The van der Waals surface area contributed by atoms with Crippen LogP contribution in [0.15, 0.2) is 79.1 Å². The van der Waals surface area contributed by atoms with Crippen LogP contribution in [0.2, 0.25) is 0 Å². The normalized spacial score (nSPS) is 11.4. The zero-order valence-corrected chi connectivity index (χ0v) is 16.3. The fraction of sp³-hybridized carbons (Fsp3) is 0.250. The topological polar surface area (TPSA) is 34.0 Å². The molecule has 0 bridgehead atoms. The highest BCUT2D eigenvalue weighted by molar-refractivity contribution is 5.75. The Labute approximate surface area is 166 Å². The predicted molar refractivity (Wildman–Crippen MR) is 114 cm³/mol. The maximum Gasteiger partial charge on any atom is 0.124 e. The van der Waals surface area contributed by atoms with Crippen molar-refractivity contribution in [2.75, 3.05) is 6.54 Å². The standard InChI is InChI=1S/C24H26N4/c1-2-28-23-11-7-6-10-22(23)26-24(28)19-27(18-21-12-15-25-16-13-21)17-14-20-8-4-3-5-9-20/h3-13,15-16H,2,14,17-19H2,1H3. The first kappa shape index (κ1) is 18.4. The number of hydrogen-bond donors (Lipinski definition) is 0. The van der Waals surface area contributed by atoms with E-state index >= 15 is 0 Å². The molecule has 0 aliphatic carbocycles. The van der Waals surface area contributed by atoms with Crippen molar-refractivity contribution in [2.45, 2.75) is 33.0 Å². The Morgan fingerprint density at radius 2 is 1.57 bits per heavy atom. The summed E-state index contributed by atoms with van der Waals surface area (Å²) in [5.41, 5.74) is 4.94. The van der Waals surface area contributed by atoms with Gasteiger partial charge in [-0.2, -0.15) is 0 Å². The van der Waals surface area contributed by atoms with E-state index in [-0.39, 0.29) is 0 Å². The van der Waals surface area contributed by atoms with Gasteiger partial charge in [0.15, 0.2) is 0 Å². The lowest BCUT2D eigenvalue weighted by molar-refractivity contribution is 0.250. The van der Waals surface area contributed by atoms with Crippen LogP contribution in [-0.2, 0) is 26.1 Å². The molecule has 0 aliphatic rings. The van der Waals surface area contributed by atoms with Gasteiger partial charge >= 0.3 is 0 Å². The third-order valence-corrected chi connectivity index (χ3v) is 5.13. The van der Waals surface area contributed by atoms with E-state index in [9.17, 15) is 0 Å². The molecule has 0 aliphatic heterocycles. The van der Waals surface area contributed by atoms with Crippen molar-refractivity contribution in [3.05, 3.63) is 96.1 Å². The molecule has 142 valence electrons. The van der Waals surface area contributed by atoms with Gasteiger partial charge < -0.3 is 4.57 Å². The molecule has 0 atom stereocenters. The predicted octanol–water partition coefficient (Wildman–Crippen LogP) is 4.70. The Hall–Kier alpha value is -2.98. The largest absolute Gasteiger partial charge is 0.327 e. The van der Waals surface area contributed by atoms with Gasteiger partial charge in [0.05, 0.1) is 17.6 Å². The number of rotatable bonds is 8. The molecule has 4 heteroatoms. The van der Waals surface area contributed by atoms with E-state index in [1.807, 2.05) is 12.4 Å². The average Bonchev–Trinajstić information content (AvgIpc) is 3.10. The Kier molecular flexibility index (Phi) is 5.78. The second-order valence-electron chi connectivity index (χ2n) is 7.06. The van der Waals surface area contributed by atoms with Crippen LogP contribution in [0, 0.1) is 0 Å². The maximum atomic E-state index is 4.93. The van der Waals surface area contributed by atoms with Crippen LogP contribution in [-0.4, -0.2) is 26.0 Å². The highest BCUT2D eigenvalue weighted by Gasteiger charge is 2.14. The number of fused-ring (bicyclic) bond motifs is 1. The smallest absolute Gasteiger partial charge is 0.124 e. The number of benzene rings is 2. The average molecular weight is 371 g/mol. The molecule has 2 heterocycles. The van der Waals surface area contributed by atoms with E-state index < -0.39 is 0 Å². The van der Waals surface area contributed by atoms with Crippen molar-refractivity contribution in [1.29, 1.82) is 0 Å². The minimum atomic E-state index is 0.831. The highest BCUT2D eigenvalue weighted by atomic mass is 15.2. The molecule has 0 fully saturated rings. The van der Waals surface area contributed by atoms with Crippen molar-refractivity contribution in [1.82, 2.24) is 19.4 Å². The first-order valence-corrected chi connectivity index (χ1v) is 9.93. The molecule has 0 N–H and O–H groups in total. The van der Waals surface area contributed by atoms with Gasteiger partial charge in [-0.15, -0.1) is 0 Å². The minimum Gasteiger partial charge on any atom is -0.327 e. The summed E-state index contributed by atoms with van der Waals surface area (Å²) in [7, 11) is 0. The van der Waals surface area contributed by atoms with Crippen LogP contribution in [0.25, 0.3) is 11.0 Å². The Morgan fingerprint density at radius 3 is 2.36 bits per heavy atom. The number of nitrogens with zero attached hydrogens (tertiary/aromatic N) is 4. The molecule has 0 amide bonds. The van der Waals surface area contributed by atoms with Gasteiger partial charge in [0.1, 0.15) is 5.82 Å². The first-order chi connectivity index (χ1) is 13.8. The summed E-state index contributed by atoms with van der Waals surface area (Å²) in [6.07, 6.45) is 4.76. The fourth-order valence-corrected chi connectivity index (χ4v) is 3.69. The monoisotopic (exact) mass is 370 g/mol. The number of pyridine rings is 1. The van der Waals surface area contributed by atoms with Gasteiger partial charge in [-0.05, 0) is 48.7 Å². The first-order valence-electron chi connectivity index (χ1n) is 9.93. The molecule has 0 radical (unpaired) electrons. The SMILES string of the molecule is CCn1c(CN(CCc2ccccc2)Cc2ccncc2)nc2ccccc21. The summed E-state index contributed by atoms with van der Waals surface area (Å²) < 4.78 is 2.33. The molecule has 4 nitrogen and oxygen atoms in total. The molecular formula is C24H26N4. The van der Waals surface area contributed by atoms with Crippen molar-refractivity contribution in [2.24, 2.45) is 0 Å². The lowest BCUT2D eigenvalue weighted by Gasteiger charge is -2.22. The van der Waals surface area contributed by atoms with E-state index in [0.29, 0.717) is 0 Å². The third kappa shape index (κ3) is 4.29. The van der Waals surface area contributed by atoms with E-state index in [1.54, 1.807) is 0 Å². The van der Waals surface area contributed by atoms with E-state index in [1.165, 1.54) is 16.6 Å². The number of hydrogen-bond acceptors (Lipinski definition) is 3. The van der Waals surface area contributed by atoms with Crippen LogP contribution >= 0.6 is 0 Å². The third-order valence-electron chi connectivity index (χ3n) is 5.13.